The Labute approximate surface area is 253 Å². The fourth-order valence-corrected chi connectivity index (χ4v) is 6.22. The van der Waals surface area contributed by atoms with Crippen LogP contribution in [0.25, 0.3) is 0 Å². The van der Waals surface area contributed by atoms with Crippen LogP contribution >= 0.6 is 0 Å². The van der Waals surface area contributed by atoms with Crippen molar-refractivity contribution < 1.29 is 39.1 Å². The number of rotatable bonds is 18. The predicted molar refractivity (Wildman–Crippen MR) is 164 cm³/mol. The Hall–Kier alpha value is -1.58. The SMILES string of the molecule is CC(=O)/C=C/C1=C(C)C[C@@H](O[C@@H]2O[C@H](CO)[C@@H](OC(=O)CCCCCCCCCCCC(C)C)[C@H](O)[C@H]2O)CC1(C)C. The van der Waals surface area contributed by atoms with Crippen LogP contribution < -0.4 is 0 Å². The van der Waals surface area contributed by atoms with Gasteiger partial charge in [0.05, 0.1) is 12.7 Å². The average molecular weight is 595 g/mol. The van der Waals surface area contributed by atoms with Crippen molar-refractivity contribution in [1.29, 1.82) is 0 Å². The van der Waals surface area contributed by atoms with Crippen molar-refractivity contribution in [1.82, 2.24) is 0 Å². The molecule has 0 radical (unpaired) electrons. The molecule has 1 heterocycles. The summed E-state index contributed by atoms with van der Waals surface area (Å²) in [7, 11) is 0. The zero-order valence-corrected chi connectivity index (χ0v) is 27.0. The van der Waals surface area contributed by atoms with Crippen LogP contribution in [0.4, 0.5) is 0 Å². The first-order valence-electron chi connectivity index (χ1n) is 16.2. The van der Waals surface area contributed by atoms with Gasteiger partial charge in [0.25, 0.3) is 0 Å². The van der Waals surface area contributed by atoms with E-state index in [1.807, 2.05) is 13.0 Å². The number of aliphatic hydroxyl groups excluding tert-OH is 3. The van der Waals surface area contributed by atoms with Gasteiger partial charge in [-0.1, -0.05) is 97.1 Å². The lowest BCUT2D eigenvalue weighted by atomic mass is 9.71. The molecule has 42 heavy (non-hydrogen) atoms. The second kappa shape index (κ2) is 18.3. The van der Waals surface area contributed by atoms with E-state index in [-0.39, 0.29) is 23.7 Å². The number of aliphatic hydroxyl groups is 3. The van der Waals surface area contributed by atoms with Crippen LogP contribution in [0.2, 0.25) is 0 Å². The highest BCUT2D eigenvalue weighted by Crippen LogP contribution is 2.43. The van der Waals surface area contributed by atoms with Crippen molar-refractivity contribution in [3.8, 4) is 0 Å². The molecule has 0 aromatic carbocycles. The van der Waals surface area contributed by atoms with Crippen molar-refractivity contribution in [2.45, 2.75) is 162 Å². The molecule has 0 bridgehead atoms. The standard InChI is InChI=1S/C34H58O8/c1-23(2)16-14-12-10-8-7-9-11-13-15-17-29(37)42-32-28(22-35)41-33(31(39)30(32)38)40-26-20-24(3)27(19-18-25(4)36)34(5,6)21-26/h18-19,23,26,28,30-33,35,38-39H,7-17,20-22H2,1-6H3/b19-18+/t26-,28-,30-,31-,32-,33-/m1/s1. The van der Waals surface area contributed by atoms with Crippen molar-refractivity contribution in [3.05, 3.63) is 23.3 Å². The smallest absolute Gasteiger partial charge is 0.306 e. The molecule has 2 aliphatic rings. The van der Waals surface area contributed by atoms with Gasteiger partial charge in [0, 0.05) is 6.42 Å². The maximum Gasteiger partial charge on any atom is 0.306 e. The van der Waals surface area contributed by atoms with E-state index in [0.29, 0.717) is 19.3 Å². The fourth-order valence-electron chi connectivity index (χ4n) is 6.22. The number of carbonyl (C=O) groups excluding carboxylic acids is 2. The van der Waals surface area contributed by atoms with Gasteiger partial charge in [-0.15, -0.1) is 0 Å². The van der Waals surface area contributed by atoms with Gasteiger partial charge in [0.1, 0.15) is 18.3 Å². The van der Waals surface area contributed by atoms with E-state index in [1.165, 1.54) is 51.9 Å². The quantitative estimate of drug-likeness (QED) is 0.101. The summed E-state index contributed by atoms with van der Waals surface area (Å²) < 4.78 is 17.4. The molecule has 1 saturated heterocycles. The second-order valence-electron chi connectivity index (χ2n) is 13.5. The third-order valence-electron chi connectivity index (χ3n) is 8.52. The molecular formula is C34H58O8. The molecule has 0 aromatic rings. The normalized spacial score (nSPS) is 28.0. The Morgan fingerprint density at radius 1 is 1.00 bits per heavy atom. The van der Waals surface area contributed by atoms with Gasteiger partial charge in [-0.05, 0) is 56.1 Å². The molecule has 1 aliphatic heterocycles. The molecular weight excluding hydrogens is 536 g/mol. The topological polar surface area (TPSA) is 123 Å². The van der Waals surface area contributed by atoms with Gasteiger partial charge in [-0.2, -0.15) is 0 Å². The van der Waals surface area contributed by atoms with E-state index in [2.05, 4.69) is 27.7 Å². The molecule has 6 atom stereocenters. The summed E-state index contributed by atoms with van der Waals surface area (Å²) in [5.41, 5.74) is 1.87. The maximum atomic E-state index is 12.5. The number of ketones is 1. The van der Waals surface area contributed by atoms with Gasteiger partial charge in [0.2, 0.25) is 0 Å². The van der Waals surface area contributed by atoms with E-state index in [4.69, 9.17) is 14.2 Å². The van der Waals surface area contributed by atoms with Gasteiger partial charge in [-0.25, -0.2) is 0 Å². The Balaban J connectivity index is 1.77. The lowest BCUT2D eigenvalue weighted by Gasteiger charge is -2.44. The molecule has 0 amide bonds. The summed E-state index contributed by atoms with van der Waals surface area (Å²) in [5.74, 6) is 0.297. The number of ether oxygens (including phenoxy) is 3. The van der Waals surface area contributed by atoms with Gasteiger partial charge >= 0.3 is 5.97 Å². The molecule has 242 valence electrons. The lowest BCUT2D eigenvalue weighted by Crippen LogP contribution is -2.61. The molecule has 3 N–H and O–H groups in total. The minimum atomic E-state index is -1.45. The highest BCUT2D eigenvalue weighted by molar-refractivity contribution is 5.87. The largest absolute Gasteiger partial charge is 0.457 e. The molecule has 0 aromatic heterocycles. The van der Waals surface area contributed by atoms with Crippen LogP contribution in [-0.2, 0) is 23.8 Å². The Kier molecular flexibility index (Phi) is 15.9. The average Bonchev–Trinajstić information content (AvgIpc) is 2.90. The monoisotopic (exact) mass is 594 g/mol. The first-order valence-corrected chi connectivity index (χ1v) is 16.2. The van der Waals surface area contributed by atoms with E-state index in [1.54, 1.807) is 6.08 Å². The molecule has 0 unspecified atom stereocenters. The minimum Gasteiger partial charge on any atom is -0.457 e. The second-order valence-corrected chi connectivity index (χ2v) is 13.5. The molecule has 8 heteroatoms. The van der Waals surface area contributed by atoms with Crippen LogP contribution in [0.5, 0.6) is 0 Å². The maximum absolute atomic E-state index is 12.5. The summed E-state index contributed by atoms with van der Waals surface area (Å²) in [6, 6.07) is 0. The predicted octanol–water partition coefficient (Wildman–Crippen LogP) is 5.95. The number of hydrogen-bond donors (Lipinski definition) is 3. The highest BCUT2D eigenvalue weighted by atomic mass is 16.7. The molecule has 0 saturated carbocycles. The van der Waals surface area contributed by atoms with Crippen LogP contribution in [-0.4, -0.2) is 70.5 Å². The van der Waals surface area contributed by atoms with Crippen LogP contribution in [0, 0.1) is 11.3 Å². The first-order chi connectivity index (χ1) is 19.9. The number of hydrogen-bond acceptors (Lipinski definition) is 8. The summed E-state index contributed by atoms with van der Waals surface area (Å²) >= 11 is 0. The van der Waals surface area contributed by atoms with Crippen LogP contribution in [0.15, 0.2) is 23.3 Å². The zero-order chi connectivity index (χ0) is 31.3. The lowest BCUT2D eigenvalue weighted by molar-refractivity contribution is -0.314. The van der Waals surface area contributed by atoms with Gasteiger partial charge < -0.3 is 29.5 Å². The van der Waals surface area contributed by atoms with E-state index < -0.39 is 43.3 Å². The number of allylic oxidation sites excluding steroid dienone is 3. The molecule has 1 fully saturated rings. The van der Waals surface area contributed by atoms with Crippen LogP contribution in [0.3, 0.4) is 0 Å². The number of esters is 1. The van der Waals surface area contributed by atoms with Crippen molar-refractivity contribution >= 4 is 11.8 Å². The van der Waals surface area contributed by atoms with Crippen molar-refractivity contribution in [3.63, 3.8) is 0 Å². The zero-order valence-electron chi connectivity index (χ0n) is 27.0. The number of unbranched alkanes of at least 4 members (excludes halogenated alkanes) is 8. The van der Waals surface area contributed by atoms with Crippen molar-refractivity contribution in [2.75, 3.05) is 6.61 Å². The van der Waals surface area contributed by atoms with Crippen molar-refractivity contribution in [2.24, 2.45) is 11.3 Å². The van der Waals surface area contributed by atoms with Gasteiger partial charge in [-0.3, -0.25) is 9.59 Å². The third kappa shape index (κ3) is 12.2. The van der Waals surface area contributed by atoms with Crippen LogP contribution in [0.1, 0.15) is 125 Å². The van der Waals surface area contributed by atoms with E-state index >= 15 is 0 Å². The highest BCUT2D eigenvalue weighted by Gasteiger charge is 2.48. The van der Waals surface area contributed by atoms with Gasteiger partial charge in [0.15, 0.2) is 18.2 Å². The summed E-state index contributed by atoms with van der Waals surface area (Å²) in [6.45, 7) is 11.7. The summed E-state index contributed by atoms with van der Waals surface area (Å²) in [6.07, 6.45) is 9.88. The summed E-state index contributed by atoms with van der Waals surface area (Å²) in [5, 5.41) is 31.6. The molecule has 1 aliphatic carbocycles. The van der Waals surface area contributed by atoms with E-state index in [9.17, 15) is 24.9 Å². The molecule has 2 rings (SSSR count). The Bertz CT molecular complexity index is 890. The third-order valence-corrected chi connectivity index (χ3v) is 8.52. The first kappa shape index (κ1) is 36.6. The number of carbonyl (C=O) groups is 2. The minimum absolute atomic E-state index is 0.0175. The molecule has 0 spiro atoms. The summed E-state index contributed by atoms with van der Waals surface area (Å²) in [4.78, 5) is 24.0. The van der Waals surface area contributed by atoms with E-state index in [0.717, 1.165) is 29.9 Å². The Morgan fingerprint density at radius 2 is 1.60 bits per heavy atom. The Morgan fingerprint density at radius 3 is 2.14 bits per heavy atom. The molecule has 8 nitrogen and oxygen atoms in total. The fraction of sp³-hybridized carbons (Fsp3) is 0.824.